The highest BCUT2D eigenvalue weighted by atomic mass is 16.5. The summed E-state index contributed by atoms with van der Waals surface area (Å²) in [5, 5.41) is 11.5. The molecule has 0 aromatic carbocycles. The van der Waals surface area contributed by atoms with E-state index in [0.29, 0.717) is 19.2 Å². The first-order chi connectivity index (χ1) is 4.83. The highest BCUT2D eigenvalue weighted by Gasteiger charge is 2.04. The molecule has 4 nitrogen and oxygen atoms in total. The number of rotatable bonds is 1. The summed E-state index contributed by atoms with van der Waals surface area (Å²) >= 11 is 0. The van der Waals surface area contributed by atoms with Gasteiger partial charge < -0.3 is 9.84 Å². The van der Waals surface area contributed by atoms with E-state index in [9.17, 15) is 0 Å². The lowest BCUT2D eigenvalue weighted by Crippen LogP contribution is -2.28. The van der Waals surface area contributed by atoms with Crippen LogP contribution in [-0.2, 0) is 4.74 Å². The Morgan fingerprint density at radius 3 is 3.30 bits per heavy atom. The Balaban J connectivity index is 2.41. The Morgan fingerprint density at radius 2 is 2.70 bits per heavy atom. The van der Waals surface area contributed by atoms with Crippen LogP contribution in [0.3, 0.4) is 0 Å². The van der Waals surface area contributed by atoms with Gasteiger partial charge in [-0.25, -0.2) is 4.99 Å². The minimum absolute atomic E-state index is 0.110. The van der Waals surface area contributed by atoms with E-state index >= 15 is 0 Å². The van der Waals surface area contributed by atoms with Gasteiger partial charge in [-0.1, -0.05) is 0 Å². The molecule has 1 heterocycles. The molecule has 0 aliphatic carbocycles. The first-order valence-electron chi connectivity index (χ1n) is 3.16. The maximum Gasteiger partial charge on any atom is 0.291 e. The molecular formula is C6H10N2O2. The van der Waals surface area contributed by atoms with Crippen LogP contribution in [0.2, 0.25) is 0 Å². The van der Waals surface area contributed by atoms with Crippen LogP contribution in [0.4, 0.5) is 0 Å². The van der Waals surface area contributed by atoms with Crippen LogP contribution in [0.1, 0.15) is 6.92 Å². The topological polar surface area (TPSA) is 53.9 Å². The number of nitrogens with one attached hydrogen (secondary N) is 1. The molecule has 0 saturated heterocycles. The van der Waals surface area contributed by atoms with Crippen molar-refractivity contribution in [2.24, 2.45) is 4.99 Å². The first-order valence-corrected chi connectivity index (χ1v) is 3.16. The van der Waals surface area contributed by atoms with Crippen molar-refractivity contribution in [1.29, 1.82) is 0 Å². The lowest BCUT2D eigenvalue weighted by atomic mass is 10.5. The molecular weight excluding hydrogens is 132 g/mol. The van der Waals surface area contributed by atoms with Gasteiger partial charge in [0.25, 0.3) is 6.02 Å². The second kappa shape index (κ2) is 3.10. The van der Waals surface area contributed by atoms with Gasteiger partial charge in [0.15, 0.2) is 5.88 Å². The zero-order valence-corrected chi connectivity index (χ0v) is 5.79. The van der Waals surface area contributed by atoms with E-state index in [0.717, 1.165) is 0 Å². The molecule has 0 atom stereocenters. The van der Waals surface area contributed by atoms with Crippen LogP contribution in [0, 0.1) is 0 Å². The van der Waals surface area contributed by atoms with Gasteiger partial charge in [0, 0.05) is 0 Å². The molecule has 2 N–H and O–H groups in total. The molecule has 0 spiro atoms. The van der Waals surface area contributed by atoms with Gasteiger partial charge in [0.05, 0.1) is 13.2 Å². The molecule has 0 aromatic heterocycles. The van der Waals surface area contributed by atoms with E-state index in [1.807, 2.05) is 6.92 Å². The molecule has 0 saturated carbocycles. The van der Waals surface area contributed by atoms with Crippen molar-refractivity contribution in [3.63, 3.8) is 0 Å². The summed E-state index contributed by atoms with van der Waals surface area (Å²) in [7, 11) is 0. The lowest BCUT2D eigenvalue weighted by molar-refractivity contribution is 0.292. The zero-order valence-electron chi connectivity index (χ0n) is 5.79. The predicted octanol–water partition coefficient (Wildman–Crippen LogP) is 0.381. The van der Waals surface area contributed by atoms with E-state index in [2.05, 4.69) is 10.3 Å². The number of aliphatic hydroxyl groups excluding tert-OH is 1. The number of hydrogen-bond acceptors (Lipinski definition) is 4. The minimum Gasteiger partial charge on any atom is -0.495 e. The molecule has 1 aliphatic rings. The number of hydrogen-bond donors (Lipinski definition) is 2. The fourth-order valence-corrected chi connectivity index (χ4v) is 0.634. The number of aliphatic imine (C=N–C) groups is 1. The zero-order chi connectivity index (χ0) is 7.40. The third-order valence-electron chi connectivity index (χ3n) is 1.04. The first kappa shape index (κ1) is 6.92. The van der Waals surface area contributed by atoms with E-state index in [1.165, 1.54) is 0 Å². The van der Waals surface area contributed by atoms with Crippen LogP contribution < -0.4 is 5.32 Å². The van der Waals surface area contributed by atoms with Crippen molar-refractivity contribution in [3.05, 3.63) is 12.0 Å². The second-order valence-electron chi connectivity index (χ2n) is 1.79. The Bertz CT molecular complexity index is 175. The van der Waals surface area contributed by atoms with E-state index in [4.69, 9.17) is 9.84 Å². The Labute approximate surface area is 59.2 Å². The number of nitrogens with zero attached hydrogens (tertiary/aromatic N) is 1. The number of ether oxygens (including phenoxy) is 1. The third-order valence-corrected chi connectivity index (χ3v) is 1.04. The van der Waals surface area contributed by atoms with Crippen LogP contribution in [0.15, 0.2) is 17.0 Å². The number of aliphatic hydroxyl groups is 1. The Hall–Kier alpha value is -1.19. The second-order valence-corrected chi connectivity index (χ2v) is 1.79. The fraction of sp³-hybridized carbons (Fsp3) is 0.500. The van der Waals surface area contributed by atoms with Crippen molar-refractivity contribution in [2.45, 2.75) is 6.92 Å². The summed E-state index contributed by atoms with van der Waals surface area (Å²) in [6.07, 6.45) is 1.57. The monoisotopic (exact) mass is 142 g/mol. The van der Waals surface area contributed by atoms with E-state index in [1.54, 1.807) is 6.08 Å². The van der Waals surface area contributed by atoms with Gasteiger partial charge >= 0.3 is 0 Å². The molecule has 0 amide bonds. The minimum atomic E-state index is 0.110. The third kappa shape index (κ3) is 1.65. The molecule has 0 bridgehead atoms. The smallest absolute Gasteiger partial charge is 0.291 e. The standard InChI is InChI=1S/C6H10N2O2/c1-2-10-6-7-4-3-5(9)8-6/h3,9H,2,4H2,1H3,(H,7,8). The summed E-state index contributed by atoms with van der Waals surface area (Å²) in [6.45, 7) is 2.90. The van der Waals surface area contributed by atoms with Crippen LogP contribution in [-0.4, -0.2) is 24.3 Å². The van der Waals surface area contributed by atoms with Crippen LogP contribution >= 0.6 is 0 Å². The number of amidine groups is 1. The van der Waals surface area contributed by atoms with Gasteiger partial charge in [0.1, 0.15) is 0 Å². The largest absolute Gasteiger partial charge is 0.495 e. The van der Waals surface area contributed by atoms with Gasteiger partial charge in [-0.15, -0.1) is 0 Å². The predicted molar refractivity (Wildman–Crippen MR) is 37.8 cm³/mol. The fourth-order valence-electron chi connectivity index (χ4n) is 0.634. The van der Waals surface area contributed by atoms with Gasteiger partial charge in [-0.3, -0.25) is 5.32 Å². The highest BCUT2D eigenvalue weighted by molar-refractivity contribution is 5.76. The molecule has 0 radical (unpaired) electrons. The molecule has 0 aromatic rings. The van der Waals surface area contributed by atoms with Crippen LogP contribution in [0.5, 0.6) is 0 Å². The maximum atomic E-state index is 8.90. The Morgan fingerprint density at radius 1 is 1.90 bits per heavy atom. The average Bonchev–Trinajstić information content (AvgIpc) is 1.88. The summed E-state index contributed by atoms with van der Waals surface area (Å²) < 4.78 is 4.99. The van der Waals surface area contributed by atoms with E-state index < -0.39 is 0 Å². The lowest BCUT2D eigenvalue weighted by Gasteiger charge is -2.11. The average molecular weight is 142 g/mol. The summed E-state index contributed by atoms with van der Waals surface area (Å²) in [5.41, 5.74) is 0. The van der Waals surface area contributed by atoms with Gasteiger partial charge in [-0.2, -0.15) is 0 Å². The summed E-state index contributed by atoms with van der Waals surface area (Å²) in [5.74, 6) is 0.110. The molecule has 1 rings (SSSR count). The van der Waals surface area contributed by atoms with E-state index in [-0.39, 0.29) is 5.88 Å². The molecule has 4 heteroatoms. The normalized spacial score (nSPS) is 16.9. The van der Waals surface area contributed by atoms with Gasteiger partial charge in [-0.05, 0) is 13.0 Å². The molecule has 10 heavy (non-hydrogen) atoms. The quantitative estimate of drug-likeness (QED) is 0.556. The van der Waals surface area contributed by atoms with Crippen molar-refractivity contribution in [1.82, 2.24) is 5.32 Å². The van der Waals surface area contributed by atoms with Crippen molar-refractivity contribution in [3.8, 4) is 0 Å². The maximum absolute atomic E-state index is 8.90. The molecule has 0 unspecified atom stereocenters. The highest BCUT2D eigenvalue weighted by Crippen LogP contribution is 1.93. The molecule has 0 fully saturated rings. The van der Waals surface area contributed by atoms with Crippen molar-refractivity contribution in [2.75, 3.05) is 13.2 Å². The van der Waals surface area contributed by atoms with Crippen molar-refractivity contribution >= 4 is 6.02 Å². The van der Waals surface area contributed by atoms with Crippen molar-refractivity contribution < 1.29 is 9.84 Å². The van der Waals surface area contributed by atoms with Gasteiger partial charge in [0.2, 0.25) is 0 Å². The summed E-state index contributed by atoms with van der Waals surface area (Å²) in [4.78, 5) is 3.92. The SMILES string of the molecule is CCOC1=NCC=C(O)N1. The molecule has 1 aliphatic heterocycles. The van der Waals surface area contributed by atoms with Crippen LogP contribution in [0.25, 0.3) is 0 Å². The Kier molecular flexibility index (Phi) is 2.15. The summed E-state index contributed by atoms with van der Waals surface area (Å²) in [6, 6.07) is 0.391. The molecule has 56 valence electrons.